The smallest absolute Gasteiger partial charge is 0.168 e. The molecule has 0 aliphatic heterocycles. The third kappa shape index (κ3) is 8.91. The molecule has 0 aliphatic carbocycles. The summed E-state index contributed by atoms with van der Waals surface area (Å²) in [6.45, 7) is 11.0. The number of hydrogen-bond donors (Lipinski definition) is 2. The number of rotatable bonds is 3. The maximum Gasteiger partial charge on any atom is 0.168 e. The minimum atomic E-state index is 0.230. The van der Waals surface area contributed by atoms with Crippen LogP contribution in [0.3, 0.4) is 0 Å². The Morgan fingerprint density at radius 1 is 1.42 bits per heavy atom. The fourth-order valence-corrected chi connectivity index (χ4v) is 0.548. The van der Waals surface area contributed by atoms with Crippen LogP contribution >= 0.6 is 12.2 Å². The number of hydrogen-bond acceptors (Lipinski definition) is 1. The molecule has 0 bridgehead atoms. The first-order chi connectivity index (χ1) is 5.70. The Morgan fingerprint density at radius 2 is 1.92 bits per heavy atom. The van der Waals surface area contributed by atoms with Crippen LogP contribution in [-0.2, 0) is 0 Å². The van der Waals surface area contributed by atoms with E-state index in [0.717, 1.165) is 5.70 Å². The van der Waals surface area contributed by atoms with Gasteiger partial charge in [-0.25, -0.2) is 0 Å². The zero-order chi connectivity index (χ0) is 9.98. The van der Waals surface area contributed by atoms with Gasteiger partial charge in [0.25, 0.3) is 0 Å². The van der Waals surface area contributed by atoms with Crippen LogP contribution in [0.4, 0.5) is 0 Å². The predicted molar refractivity (Wildman–Crippen MR) is 59.7 cm³/mol. The second-order valence-corrected chi connectivity index (χ2v) is 1.99. The summed E-state index contributed by atoms with van der Waals surface area (Å²) >= 11 is 4.60. The molecule has 0 saturated heterocycles. The molecule has 0 saturated carbocycles. The molecule has 0 aromatic rings. The Morgan fingerprint density at radius 3 is 2.17 bits per heavy atom. The number of allylic oxidation sites excluding steroid dienone is 3. The van der Waals surface area contributed by atoms with Crippen LogP contribution in [0.1, 0.15) is 13.8 Å². The lowest BCUT2D eigenvalue weighted by atomic mass is 10.4. The van der Waals surface area contributed by atoms with Crippen molar-refractivity contribution in [1.82, 2.24) is 5.32 Å². The van der Waals surface area contributed by atoms with E-state index in [1.807, 2.05) is 13.8 Å². The maximum absolute atomic E-state index is 5.20. The average molecular weight is 184 g/mol. The van der Waals surface area contributed by atoms with Gasteiger partial charge in [0.1, 0.15) is 0 Å². The molecule has 0 aliphatic rings. The van der Waals surface area contributed by atoms with Gasteiger partial charge in [-0.05, 0) is 24.4 Å². The van der Waals surface area contributed by atoms with E-state index in [-0.39, 0.29) is 5.11 Å². The minimum Gasteiger partial charge on any atom is -0.376 e. The van der Waals surface area contributed by atoms with Crippen LogP contribution in [-0.4, -0.2) is 5.11 Å². The summed E-state index contributed by atoms with van der Waals surface area (Å²) in [6.07, 6.45) is 4.97. The molecule has 2 nitrogen and oxygen atoms in total. The Kier molecular flexibility index (Phi) is 11.1. The fraction of sp³-hybridized carbons (Fsp3) is 0.222. The van der Waals surface area contributed by atoms with Crippen molar-refractivity contribution in [3.63, 3.8) is 0 Å². The van der Waals surface area contributed by atoms with Crippen molar-refractivity contribution < 1.29 is 0 Å². The SMILES string of the molecule is C=C/C=C(\C=C)NC(N)=S.CC. The Hall–Kier alpha value is -1.09. The van der Waals surface area contributed by atoms with E-state index in [4.69, 9.17) is 5.73 Å². The van der Waals surface area contributed by atoms with E-state index >= 15 is 0 Å². The van der Waals surface area contributed by atoms with Gasteiger partial charge in [0.15, 0.2) is 5.11 Å². The van der Waals surface area contributed by atoms with Crippen molar-refractivity contribution >= 4 is 17.3 Å². The van der Waals surface area contributed by atoms with Gasteiger partial charge in [0.2, 0.25) is 0 Å². The minimum absolute atomic E-state index is 0.230. The largest absolute Gasteiger partial charge is 0.376 e. The lowest BCUT2D eigenvalue weighted by Crippen LogP contribution is -2.27. The van der Waals surface area contributed by atoms with Crippen molar-refractivity contribution in [2.75, 3.05) is 0 Å². The van der Waals surface area contributed by atoms with E-state index in [1.165, 1.54) is 0 Å². The quantitative estimate of drug-likeness (QED) is 0.521. The summed E-state index contributed by atoms with van der Waals surface area (Å²) in [5.74, 6) is 0. The summed E-state index contributed by atoms with van der Waals surface area (Å²) in [4.78, 5) is 0. The normalized spacial score (nSPS) is 9.00. The average Bonchev–Trinajstić information content (AvgIpc) is 2.07. The third-order valence-electron chi connectivity index (χ3n) is 0.785. The summed E-state index contributed by atoms with van der Waals surface area (Å²) in [6, 6.07) is 0. The predicted octanol–water partition coefficient (Wildman–Crippen LogP) is 2.10. The number of nitrogens with two attached hydrogens (primary N) is 1. The highest BCUT2D eigenvalue weighted by Crippen LogP contribution is 1.88. The molecule has 0 heterocycles. The molecule has 3 N–H and O–H groups in total. The van der Waals surface area contributed by atoms with Gasteiger partial charge in [-0.1, -0.05) is 33.1 Å². The van der Waals surface area contributed by atoms with Crippen molar-refractivity contribution in [2.24, 2.45) is 5.73 Å². The third-order valence-corrected chi connectivity index (χ3v) is 0.887. The van der Waals surface area contributed by atoms with E-state index in [0.29, 0.717) is 0 Å². The summed E-state index contributed by atoms with van der Waals surface area (Å²) in [5, 5.41) is 2.94. The second kappa shape index (κ2) is 9.91. The lowest BCUT2D eigenvalue weighted by molar-refractivity contribution is 1.19. The Labute approximate surface area is 79.8 Å². The van der Waals surface area contributed by atoms with Crippen molar-refractivity contribution in [1.29, 1.82) is 0 Å². The monoisotopic (exact) mass is 184 g/mol. The molecule has 0 spiro atoms. The van der Waals surface area contributed by atoms with Gasteiger partial charge in [-0.3, -0.25) is 0 Å². The van der Waals surface area contributed by atoms with Gasteiger partial charge in [-0.15, -0.1) is 0 Å². The van der Waals surface area contributed by atoms with Gasteiger partial charge in [-0.2, -0.15) is 0 Å². The first-order valence-corrected chi connectivity index (χ1v) is 4.13. The van der Waals surface area contributed by atoms with Gasteiger partial charge >= 0.3 is 0 Å². The molecule has 0 rings (SSSR count). The zero-order valence-electron chi connectivity index (χ0n) is 7.63. The Balaban J connectivity index is 0. The molecule has 0 amide bonds. The first kappa shape index (κ1) is 13.5. The molecule has 68 valence electrons. The Bertz CT molecular complexity index is 183. The second-order valence-electron chi connectivity index (χ2n) is 1.55. The van der Waals surface area contributed by atoms with E-state index in [1.54, 1.807) is 18.2 Å². The molecule has 12 heavy (non-hydrogen) atoms. The highest BCUT2D eigenvalue weighted by atomic mass is 32.1. The number of thiocarbonyl (C=S) groups is 1. The molecular formula is C9H16N2S. The van der Waals surface area contributed by atoms with Crippen molar-refractivity contribution in [3.8, 4) is 0 Å². The molecule has 0 radical (unpaired) electrons. The number of nitrogens with one attached hydrogen (secondary N) is 1. The van der Waals surface area contributed by atoms with Crippen LogP contribution in [0.15, 0.2) is 37.1 Å². The van der Waals surface area contributed by atoms with E-state index in [9.17, 15) is 0 Å². The van der Waals surface area contributed by atoms with Crippen molar-refractivity contribution in [3.05, 3.63) is 37.1 Å². The highest BCUT2D eigenvalue weighted by Gasteiger charge is 1.87. The summed E-state index contributed by atoms with van der Waals surface area (Å²) in [5.41, 5.74) is 5.95. The highest BCUT2D eigenvalue weighted by molar-refractivity contribution is 7.80. The van der Waals surface area contributed by atoms with Gasteiger partial charge in [0, 0.05) is 5.70 Å². The van der Waals surface area contributed by atoms with Crippen LogP contribution in [0.2, 0.25) is 0 Å². The van der Waals surface area contributed by atoms with E-state index < -0.39 is 0 Å². The summed E-state index contributed by atoms with van der Waals surface area (Å²) in [7, 11) is 0. The first-order valence-electron chi connectivity index (χ1n) is 3.72. The molecule has 3 heteroatoms. The summed E-state index contributed by atoms with van der Waals surface area (Å²) < 4.78 is 0. The molecule has 0 aromatic carbocycles. The standard InChI is InChI=1S/C7H10N2S.C2H6/c1-3-5-6(4-2)9-7(8)10;1-2/h3-5H,1-2H2,(H3,8,9,10);1-2H3/b6-5+;. The van der Waals surface area contributed by atoms with Crippen LogP contribution in [0.25, 0.3) is 0 Å². The van der Waals surface area contributed by atoms with E-state index in [2.05, 4.69) is 30.7 Å². The fourth-order valence-electron chi connectivity index (χ4n) is 0.430. The lowest BCUT2D eigenvalue weighted by Gasteiger charge is -2.01. The molecule has 0 aromatic heterocycles. The molecule has 0 atom stereocenters. The van der Waals surface area contributed by atoms with Crippen LogP contribution in [0, 0.1) is 0 Å². The van der Waals surface area contributed by atoms with Gasteiger partial charge < -0.3 is 11.1 Å². The van der Waals surface area contributed by atoms with Gasteiger partial charge in [0.05, 0.1) is 0 Å². The van der Waals surface area contributed by atoms with Crippen LogP contribution in [0.5, 0.6) is 0 Å². The zero-order valence-corrected chi connectivity index (χ0v) is 8.45. The maximum atomic E-state index is 5.20. The molecular weight excluding hydrogens is 168 g/mol. The molecule has 0 unspecified atom stereocenters. The van der Waals surface area contributed by atoms with Crippen LogP contribution < -0.4 is 11.1 Å². The van der Waals surface area contributed by atoms with Crippen molar-refractivity contribution in [2.45, 2.75) is 13.8 Å². The molecule has 0 fully saturated rings. The topological polar surface area (TPSA) is 38.0 Å².